The third kappa shape index (κ3) is 13.7. The van der Waals surface area contributed by atoms with E-state index in [1.54, 1.807) is 48.5 Å². The Morgan fingerprint density at radius 3 is 1.63 bits per heavy atom. The van der Waals surface area contributed by atoms with Crippen LogP contribution in [0.4, 0.5) is 16.2 Å². The normalized spacial score (nSPS) is 11.5. The number of quaternary nitrogens is 2. The van der Waals surface area contributed by atoms with Crippen LogP contribution in [0.3, 0.4) is 0 Å². The van der Waals surface area contributed by atoms with Gasteiger partial charge in [-0.3, -0.25) is 14.4 Å². The molecule has 0 aliphatic carbocycles. The van der Waals surface area contributed by atoms with Crippen molar-refractivity contribution >= 4 is 34.9 Å². The zero-order valence-corrected chi connectivity index (χ0v) is 28.3. The minimum atomic E-state index is -0.277. The standard InChI is InChI=1S/C37H49N5O4/c1-41(2,3)24-8-7-10-34(43)26-28-11-19-32(20-12-28)39-36(45)31-17-15-30(16-18-31)35(44)27-29-13-21-33(22-14-29)40-37(46)38-23-9-25-42(4,5)6/h11-22H,7-10,23-27H2,1-6H3,(H-2,38,39,40,45,46)/p+2. The molecule has 3 aromatic rings. The zero-order valence-electron chi connectivity index (χ0n) is 28.3. The molecule has 3 N–H and O–H groups in total. The summed E-state index contributed by atoms with van der Waals surface area (Å²) >= 11 is 0. The van der Waals surface area contributed by atoms with Crippen LogP contribution in [0, 0.1) is 0 Å². The van der Waals surface area contributed by atoms with Crippen LogP contribution < -0.4 is 16.0 Å². The Morgan fingerprint density at radius 2 is 1.07 bits per heavy atom. The Labute approximate surface area is 274 Å². The van der Waals surface area contributed by atoms with Gasteiger partial charge in [0, 0.05) is 54.7 Å². The highest BCUT2D eigenvalue weighted by Gasteiger charge is 2.13. The number of carbonyl (C=O) groups excluding carboxylic acids is 4. The average molecular weight is 630 g/mol. The van der Waals surface area contributed by atoms with Crippen LogP contribution in [0.25, 0.3) is 0 Å². The van der Waals surface area contributed by atoms with Crippen molar-refractivity contribution in [2.45, 2.75) is 38.5 Å². The van der Waals surface area contributed by atoms with Gasteiger partial charge in [0.2, 0.25) is 0 Å². The van der Waals surface area contributed by atoms with Crippen molar-refractivity contribution in [2.75, 3.05) is 72.6 Å². The number of nitrogens with one attached hydrogen (secondary N) is 3. The first-order chi connectivity index (χ1) is 21.7. The molecule has 0 unspecified atom stereocenters. The molecule has 0 aliphatic heterocycles. The average Bonchev–Trinajstić information content (AvgIpc) is 2.99. The molecule has 246 valence electrons. The highest BCUT2D eigenvalue weighted by molar-refractivity contribution is 6.05. The van der Waals surface area contributed by atoms with E-state index >= 15 is 0 Å². The van der Waals surface area contributed by atoms with Gasteiger partial charge in [0.15, 0.2) is 5.78 Å². The monoisotopic (exact) mass is 629 g/mol. The Hall–Kier alpha value is -4.34. The fraction of sp³-hybridized carbons (Fsp3) is 0.405. The summed E-state index contributed by atoms with van der Waals surface area (Å²) < 4.78 is 1.75. The molecule has 3 rings (SSSR count). The van der Waals surface area contributed by atoms with E-state index < -0.39 is 0 Å². The Kier molecular flexibility index (Phi) is 13.2. The maximum absolute atomic E-state index is 12.9. The van der Waals surface area contributed by atoms with Crippen LogP contribution in [0.2, 0.25) is 0 Å². The van der Waals surface area contributed by atoms with Gasteiger partial charge in [0.25, 0.3) is 5.91 Å². The van der Waals surface area contributed by atoms with Crippen LogP contribution in [-0.2, 0) is 17.6 Å². The number of hydrogen-bond acceptors (Lipinski definition) is 4. The molecule has 0 fully saturated rings. The van der Waals surface area contributed by atoms with Crippen molar-refractivity contribution in [3.63, 3.8) is 0 Å². The third-order valence-electron chi connectivity index (χ3n) is 7.48. The van der Waals surface area contributed by atoms with Crippen molar-refractivity contribution in [1.29, 1.82) is 0 Å². The quantitative estimate of drug-likeness (QED) is 0.103. The number of nitrogens with zero attached hydrogens (tertiary/aromatic N) is 2. The first-order valence-corrected chi connectivity index (χ1v) is 16.0. The number of urea groups is 1. The Morgan fingerprint density at radius 1 is 0.565 bits per heavy atom. The molecule has 46 heavy (non-hydrogen) atoms. The van der Waals surface area contributed by atoms with Crippen molar-refractivity contribution in [2.24, 2.45) is 0 Å². The van der Waals surface area contributed by atoms with Crippen LogP contribution in [-0.4, -0.2) is 94.4 Å². The zero-order chi connectivity index (χ0) is 33.7. The second kappa shape index (κ2) is 16.8. The van der Waals surface area contributed by atoms with Gasteiger partial charge in [-0.1, -0.05) is 36.4 Å². The second-order valence-electron chi connectivity index (χ2n) is 14.0. The predicted molar refractivity (Wildman–Crippen MR) is 185 cm³/mol. The first-order valence-electron chi connectivity index (χ1n) is 16.0. The van der Waals surface area contributed by atoms with Crippen molar-refractivity contribution < 1.29 is 28.1 Å². The summed E-state index contributed by atoms with van der Waals surface area (Å²) in [5.41, 5.74) is 4.00. The molecule has 9 nitrogen and oxygen atoms in total. The third-order valence-corrected chi connectivity index (χ3v) is 7.48. The van der Waals surface area contributed by atoms with E-state index in [0.717, 1.165) is 52.4 Å². The molecule has 0 spiro atoms. The lowest BCUT2D eigenvalue weighted by Gasteiger charge is -2.23. The van der Waals surface area contributed by atoms with E-state index in [2.05, 4.69) is 58.2 Å². The SMILES string of the molecule is C[N+](C)(C)CCCCC(=O)Cc1ccc(NC(=O)c2ccc(C(=O)Cc3ccc(NC(=O)NCCC[N+](C)(C)C)cc3)cc2)cc1. The van der Waals surface area contributed by atoms with E-state index in [1.807, 2.05) is 24.3 Å². The number of carbonyl (C=O) groups is 4. The number of amides is 3. The molecule has 0 heterocycles. The first kappa shape index (κ1) is 36.1. The lowest BCUT2D eigenvalue weighted by Crippen LogP contribution is -2.38. The number of anilines is 2. The summed E-state index contributed by atoms with van der Waals surface area (Å²) in [6.07, 6.45) is 4.00. The molecule has 0 saturated heterocycles. The van der Waals surface area contributed by atoms with Crippen LogP contribution in [0.1, 0.15) is 57.5 Å². The molecular formula is C37H51N5O4+2. The maximum Gasteiger partial charge on any atom is 0.319 e. The lowest BCUT2D eigenvalue weighted by molar-refractivity contribution is -0.870. The fourth-order valence-corrected chi connectivity index (χ4v) is 4.87. The molecular weight excluding hydrogens is 578 g/mol. The summed E-state index contributed by atoms with van der Waals surface area (Å²) in [6.45, 7) is 2.62. The summed E-state index contributed by atoms with van der Waals surface area (Å²) in [5.74, 6) is -0.120. The van der Waals surface area contributed by atoms with Gasteiger partial charge in [-0.25, -0.2) is 4.79 Å². The molecule has 0 radical (unpaired) electrons. The topological polar surface area (TPSA) is 104 Å². The minimum absolute atomic E-state index is 0.0684. The highest BCUT2D eigenvalue weighted by Crippen LogP contribution is 2.16. The second-order valence-corrected chi connectivity index (χ2v) is 14.0. The predicted octanol–water partition coefficient (Wildman–Crippen LogP) is 5.57. The van der Waals surface area contributed by atoms with E-state index in [0.29, 0.717) is 41.9 Å². The van der Waals surface area contributed by atoms with Crippen LogP contribution in [0.5, 0.6) is 0 Å². The van der Waals surface area contributed by atoms with Crippen molar-refractivity contribution in [3.05, 3.63) is 95.1 Å². The largest absolute Gasteiger partial charge is 0.338 e. The smallest absolute Gasteiger partial charge is 0.319 e. The van der Waals surface area contributed by atoms with E-state index in [9.17, 15) is 19.2 Å². The fourth-order valence-electron chi connectivity index (χ4n) is 4.87. The Balaban J connectivity index is 1.42. The van der Waals surface area contributed by atoms with Gasteiger partial charge in [-0.2, -0.15) is 0 Å². The van der Waals surface area contributed by atoms with Gasteiger partial charge in [-0.15, -0.1) is 0 Å². The molecule has 9 heteroatoms. The Bertz CT molecular complexity index is 1340. The number of hydrogen-bond donors (Lipinski definition) is 3. The van der Waals surface area contributed by atoms with E-state index in [1.165, 1.54) is 0 Å². The van der Waals surface area contributed by atoms with Gasteiger partial charge >= 0.3 is 6.03 Å². The number of unbranched alkanes of at least 4 members (excludes halogenated alkanes) is 1. The van der Waals surface area contributed by atoms with E-state index in [-0.39, 0.29) is 29.9 Å². The summed E-state index contributed by atoms with van der Waals surface area (Å²) in [6, 6.07) is 20.9. The highest BCUT2D eigenvalue weighted by atomic mass is 16.2. The molecule has 0 atom stereocenters. The van der Waals surface area contributed by atoms with Crippen LogP contribution in [0.15, 0.2) is 72.8 Å². The molecule has 0 aliphatic rings. The van der Waals surface area contributed by atoms with Gasteiger partial charge in [0.05, 0.1) is 55.4 Å². The molecule has 0 saturated carbocycles. The number of benzene rings is 3. The number of rotatable bonds is 17. The molecule has 3 amide bonds. The maximum atomic E-state index is 12.9. The summed E-state index contributed by atoms with van der Waals surface area (Å²) in [5, 5.41) is 8.55. The van der Waals surface area contributed by atoms with Crippen LogP contribution >= 0.6 is 0 Å². The number of Topliss-reactive ketones (excluding diaryl/α,β-unsaturated/α-hetero) is 2. The number of ketones is 2. The lowest BCUT2D eigenvalue weighted by atomic mass is 10.0. The molecule has 3 aromatic carbocycles. The minimum Gasteiger partial charge on any atom is -0.338 e. The molecule has 0 aromatic heterocycles. The van der Waals surface area contributed by atoms with E-state index in [4.69, 9.17) is 0 Å². The molecule has 0 bridgehead atoms. The van der Waals surface area contributed by atoms with Crippen molar-refractivity contribution in [1.82, 2.24) is 5.32 Å². The van der Waals surface area contributed by atoms with Crippen molar-refractivity contribution in [3.8, 4) is 0 Å². The summed E-state index contributed by atoms with van der Waals surface area (Å²) in [4.78, 5) is 50.2. The van der Waals surface area contributed by atoms with Gasteiger partial charge < -0.3 is 24.9 Å². The van der Waals surface area contributed by atoms with Gasteiger partial charge in [0.1, 0.15) is 5.78 Å². The summed E-state index contributed by atoms with van der Waals surface area (Å²) in [7, 11) is 12.8. The van der Waals surface area contributed by atoms with Gasteiger partial charge in [-0.05, 0) is 60.4 Å².